The monoisotopic (exact) mass is 353 g/mol. The Balaban J connectivity index is 1.41. The lowest BCUT2D eigenvalue weighted by Gasteiger charge is -2.22. The third kappa shape index (κ3) is 5.09. The number of ether oxygens (including phenoxy) is 2. The van der Waals surface area contributed by atoms with Gasteiger partial charge < -0.3 is 14.8 Å². The molecule has 4 heteroatoms. The Labute approximate surface area is 155 Å². The Morgan fingerprint density at radius 3 is 2.73 bits per heavy atom. The summed E-state index contributed by atoms with van der Waals surface area (Å²) in [6.07, 6.45) is 4.04. The van der Waals surface area contributed by atoms with Gasteiger partial charge in [0.1, 0.15) is 5.75 Å². The summed E-state index contributed by atoms with van der Waals surface area (Å²) in [5, 5.41) is 2.88. The Kier molecular flexibility index (Phi) is 6.67. The van der Waals surface area contributed by atoms with Gasteiger partial charge in [-0.05, 0) is 55.4 Å². The van der Waals surface area contributed by atoms with Gasteiger partial charge in [0, 0.05) is 6.54 Å². The molecule has 1 N–H and O–H groups in total. The molecule has 1 amide bonds. The predicted octanol–water partition coefficient (Wildman–Crippen LogP) is 3.67. The van der Waals surface area contributed by atoms with Gasteiger partial charge in [-0.3, -0.25) is 4.79 Å². The smallest absolute Gasteiger partial charge is 0.260 e. The highest BCUT2D eigenvalue weighted by Gasteiger charge is 2.19. The van der Waals surface area contributed by atoms with E-state index in [9.17, 15) is 4.79 Å². The second-order valence-electron chi connectivity index (χ2n) is 6.69. The third-order valence-corrected chi connectivity index (χ3v) is 4.68. The van der Waals surface area contributed by atoms with Crippen LogP contribution >= 0.6 is 0 Å². The molecule has 0 fully saturated rings. The molecule has 1 atom stereocenters. The molecule has 0 heterocycles. The van der Waals surface area contributed by atoms with Gasteiger partial charge in [-0.2, -0.15) is 0 Å². The van der Waals surface area contributed by atoms with Crippen molar-refractivity contribution in [2.75, 3.05) is 13.2 Å². The number of hydrogen-bond donors (Lipinski definition) is 1. The Morgan fingerprint density at radius 2 is 1.88 bits per heavy atom. The molecule has 138 valence electrons. The Hall–Kier alpha value is -2.33. The molecule has 2 aromatic rings. The molecule has 0 bridgehead atoms. The molecule has 0 spiro atoms. The van der Waals surface area contributed by atoms with E-state index in [0.717, 1.165) is 24.2 Å². The van der Waals surface area contributed by atoms with Crippen LogP contribution in [-0.2, 0) is 29.0 Å². The van der Waals surface area contributed by atoms with Crippen LogP contribution in [0.2, 0.25) is 0 Å². The normalized spacial score (nSPS) is 14.3. The molecule has 3 rings (SSSR count). The Morgan fingerprint density at radius 1 is 1.08 bits per heavy atom. The van der Waals surface area contributed by atoms with Gasteiger partial charge in [0.25, 0.3) is 5.91 Å². The topological polar surface area (TPSA) is 47.6 Å². The molecular formula is C22H27NO3. The van der Waals surface area contributed by atoms with E-state index in [2.05, 4.69) is 11.4 Å². The maximum Gasteiger partial charge on any atom is 0.260 e. The molecule has 0 aromatic heterocycles. The molecular weight excluding hydrogens is 326 g/mol. The van der Waals surface area contributed by atoms with Gasteiger partial charge in [0.2, 0.25) is 0 Å². The van der Waals surface area contributed by atoms with E-state index >= 15 is 0 Å². The largest absolute Gasteiger partial charge is 0.481 e. The maximum absolute atomic E-state index is 12.3. The van der Waals surface area contributed by atoms with Crippen LogP contribution in [0.15, 0.2) is 48.5 Å². The second kappa shape index (κ2) is 9.39. The summed E-state index contributed by atoms with van der Waals surface area (Å²) in [6.45, 7) is 3.31. The SMILES string of the molecule is C[C@H](Oc1cccc2c1CCCC2)C(=O)NCCOCc1ccccc1. The minimum absolute atomic E-state index is 0.110. The van der Waals surface area contributed by atoms with Crippen LogP contribution in [0.4, 0.5) is 0 Å². The molecule has 1 aliphatic rings. The van der Waals surface area contributed by atoms with Gasteiger partial charge in [-0.25, -0.2) is 0 Å². The highest BCUT2D eigenvalue weighted by molar-refractivity contribution is 5.80. The lowest BCUT2D eigenvalue weighted by molar-refractivity contribution is -0.127. The lowest BCUT2D eigenvalue weighted by atomic mass is 9.91. The first-order chi connectivity index (χ1) is 12.7. The van der Waals surface area contributed by atoms with Crippen molar-refractivity contribution in [2.24, 2.45) is 0 Å². The summed E-state index contributed by atoms with van der Waals surface area (Å²) in [4.78, 5) is 12.3. The van der Waals surface area contributed by atoms with Crippen LogP contribution in [-0.4, -0.2) is 25.2 Å². The van der Waals surface area contributed by atoms with Gasteiger partial charge in [-0.1, -0.05) is 42.5 Å². The van der Waals surface area contributed by atoms with Crippen molar-refractivity contribution < 1.29 is 14.3 Å². The quantitative estimate of drug-likeness (QED) is 0.737. The van der Waals surface area contributed by atoms with Crippen LogP contribution in [0.1, 0.15) is 36.5 Å². The maximum atomic E-state index is 12.3. The van der Waals surface area contributed by atoms with E-state index in [1.54, 1.807) is 6.92 Å². The van der Waals surface area contributed by atoms with Crippen LogP contribution < -0.4 is 10.1 Å². The standard InChI is InChI=1S/C22H27NO3/c1-17(26-21-13-7-11-19-10-5-6-12-20(19)21)22(24)23-14-15-25-16-18-8-3-2-4-9-18/h2-4,7-9,11,13,17H,5-6,10,12,14-16H2,1H3,(H,23,24)/t17-/m0/s1. The van der Waals surface area contributed by atoms with Gasteiger partial charge >= 0.3 is 0 Å². The van der Waals surface area contributed by atoms with Gasteiger partial charge in [-0.15, -0.1) is 0 Å². The first-order valence-electron chi connectivity index (χ1n) is 9.41. The third-order valence-electron chi connectivity index (χ3n) is 4.68. The summed E-state index contributed by atoms with van der Waals surface area (Å²) in [6, 6.07) is 16.2. The summed E-state index contributed by atoms with van der Waals surface area (Å²) in [5.74, 6) is 0.743. The summed E-state index contributed by atoms with van der Waals surface area (Å²) < 4.78 is 11.5. The minimum Gasteiger partial charge on any atom is -0.481 e. The Bertz CT molecular complexity index is 715. The average Bonchev–Trinajstić information content (AvgIpc) is 2.68. The lowest BCUT2D eigenvalue weighted by Crippen LogP contribution is -2.38. The van der Waals surface area contributed by atoms with Crippen LogP contribution in [0, 0.1) is 0 Å². The predicted molar refractivity (Wildman–Crippen MR) is 102 cm³/mol. The summed E-state index contributed by atoms with van der Waals surface area (Å²) >= 11 is 0. The zero-order valence-electron chi connectivity index (χ0n) is 15.4. The van der Waals surface area contributed by atoms with E-state index in [1.165, 1.54) is 24.0 Å². The number of carbonyl (C=O) groups excluding carboxylic acids is 1. The van der Waals surface area contributed by atoms with Crippen molar-refractivity contribution in [1.29, 1.82) is 0 Å². The highest BCUT2D eigenvalue weighted by Crippen LogP contribution is 2.30. The number of hydrogen-bond acceptors (Lipinski definition) is 3. The summed E-state index contributed by atoms with van der Waals surface area (Å²) in [7, 11) is 0. The van der Waals surface area contributed by atoms with Crippen molar-refractivity contribution in [3.63, 3.8) is 0 Å². The first kappa shape index (κ1) is 18.5. The fourth-order valence-electron chi connectivity index (χ4n) is 3.26. The molecule has 0 saturated carbocycles. The number of amides is 1. The molecule has 2 aromatic carbocycles. The highest BCUT2D eigenvalue weighted by atomic mass is 16.5. The van der Waals surface area contributed by atoms with Crippen LogP contribution in [0.25, 0.3) is 0 Å². The van der Waals surface area contributed by atoms with E-state index in [1.807, 2.05) is 42.5 Å². The molecule has 0 aliphatic heterocycles. The molecule has 26 heavy (non-hydrogen) atoms. The van der Waals surface area contributed by atoms with E-state index in [-0.39, 0.29) is 5.91 Å². The van der Waals surface area contributed by atoms with Gasteiger partial charge in [0.15, 0.2) is 6.10 Å². The molecule has 0 saturated heterocycles. The van der Waals surface area contributed by atoms with Crippen molar-refractivity contribution >= 4 is 5.91 Å². The van der Waals surface area contributed by atoms with E-state index in [4.69, 9.17) is 9.47 Å². The first-order valence-corrected chi connectivity index (χ1v) is 9.41. The number of aryl methyl sites for hydroxylation is 1. The van der Waals surface area contributed by atoms with Crippen molar-refractivity contribution in [2.45, 2.75) is 45.3 Å². The molecule has 0 radical (unpaired) electrons. The van der Waals surface area contributed by atoms with Crippen molar-refractivity contribution in [3.05, 3.63) is 65.2 Å². The molecule has 0 unspecified atom stereocenters. The number of carbonyl (C=O) groups is 1. The fourth-order valence-corrected chi connectivity index (χ4v) is 3.26. The fraction of sp³-hybridized carbons (Fsp3) is 0.409. The summed E-state index contributed by atoms with van der Waals surface area (Å²) in [5.41, 5.74) is 3.75. The van der Waals surface area contributed by atoms with Crippen LogP contribution in [0.3, 0.4) is 0 Å². The van der Waals surface area contributed by atoms with E-state index < -0.39 is 6.10 Å². The average molecular weight is 353 g/mol. The number of fused-ring (bicyclic) bond motifs is 1. The molecule has 4 nitrogen and oxygen atoms in total. The van der Waals surface area contributed by atoms with Crippen LogP contribution in [0.5, 0.6) is 5.75 Å². The number of nitrogens with one attached hydrogen (secondary N) is 1. The molecule has 1 aliphatic carbocycles. The second-order valence-corrected chi connectivity index (χ2v) is 6.69. The van der Waals surface area contributed by atoms with E-state index in [0.29, 0.717) is 19.8 Å². The zero-order chi connectivity index (χ0) is 18.2. The van der Waals surface area contributed by atoms with Gasteiger partial charge in [0.05, 0.1) is 13.2 Å². The minimum atomic E-state index is -0.516. The van der Waals surface area contributed by atoms with Crippen molar-refractivity contribution in [1.82, 2.24) is 5.32 Å². The number of benzene rings is 2. The number of rotatable bonds is 8. The van der Waals surface area contributed by atoms with Crippen molar-refractivity contribution in [3.8, 4) is 5.75 Å². The zero-order valence-corrected chi connectivity index (χ0v) is 15.4.